The van der Waals surface area contributed by atoms with Gasteiger partial charge >= 0.3 is 5.97 Å². The van der Waals surface area contributed by atoms with E-state index in [-0.39, 0.29) is 44.1 Å². The Hall–Kier alpha value is -3.20. The lowest BCUT2D eigenvalue weighted by atomic mass is 10.1. The van der Waals surface area contributed by atoms with E-state index in [4.69, 9.17) is 14.2 Å². The van der Waals surface area contributed by atoms with Crippen LogP contribution in [0.1, 0.15) is 24.2 Å². The third-order valence-electron chi connectivity index (χ3n) is 4.89. The molecule has 4 rings (SSSR count). The highest BCUT2D eigenvalue weighted by Crippen LogP contribution is 2.47. The number of carbonyl (C=O) groups excluding carboxylic acids is 3. The van der Waals surface area contributed by atoms with Gasteiger partial charge in [0.25, 0.3) is 0 Å². The molecule has 8 nitrogen and oxygen atoms in total. The molecule has 2 aromatic carbocycles. The third kappa shape index (κ3) is 4.77. The summed E-state index contributed by atoms with van der Waals surface area (Å²) in [7, 11) is 0. The summed E-state index contributed by atoms with van der Waals surface area (Å²) in [5.41, 5.74) is 1.62. The van der Waals surface area contributed by atoms with E-state index in [1.165, 1.54) is 4.90 Å². The number of nitrogens with zero attached hydrogens (tertiary/aromatic N) is 1. The maximum Gasteiger partial charge on any atom is 0.325 e. The molecule has 0 bridgehead atoms. The standard InChI is InChI=1S/C22H22N2O6S/c1-2-28-22(27)11-23-20(25)12-24-15-5-3-4-6-18(15)31-19(10-21(24)26)14-7-8-16-17(9-14)30-13-29-16/h3-9,19H,2,10-13H2,1H3,(H,23,25). The van der Waals surface area contributed by atoms with Gasteiger partial charge in [0.1, 0.15) is 13.1 Å². The third-order valence-corrected chi connectivity index (χ3v) is 6.21. The Balaban J connectivity index is 1.53. The summed E-state index contributed by atoms with van der Waals surface area (Å²) in [6.45, 7) is 1.72. The average molecular weight is 442 g/mol. The Kier molecular flexibility index (Phi) is 6.31. The Morgan fingerprint density at radius 2 is 2.00 bits per heavy atom. The number of amides is 2. The van der Waals surface area contributed by atoms with Gasteiger partial charge in [-0.1, -0.05) is 18.2 Å². The molecule has 0 saturated carbocycles. The number of esters is 1. The SMILES string of the molecule is CCOC(=O)CNC(=O)CN1C(=O)CC(c2ccc3c(c2)OCO3)Sc2ccccc21. The largest absolute Gasteiger partial charge is 0.465 e. The summed E-state index contributed by atoms with van der Waals surface area (Å²) in [4.78, 5) is 39.4. The number of ether oxygens (including phenoxy) is 3. The number of hydrogen-bond acceptors (Lipinski definition) is 7. The van der Waals surface area contributed by atoms with Gasteiger partial charge in [-0.3, -0.25) is 14.4 Å². The predicted octanol–water partition coefficient (Wildman–Crippen LogP) is 2.66. The number of fused-ring (bicyclic) bond motifs is 2. The second-order valence-corrected chi connectivity index (χ2v) is 8.20. The maximum absolute atomic E-state index is 13.2. The highest BCUT2D eigenvalue weighted by molar-refractivity contribution is 7.99. The lowest BCUT2D eigenvalue weighted by Crippen LogP contribution is -2.42. The summed E-state index contributed by atoms with van der Waals surface area (Å²) in [6.07, 6.45) is 0.212. The predicted molar refractivity (Wildman–Crippen MR) is 114 cm³/mol. The van der Waals surface area contributed by atoms with Crippen LogP contribution in [0.4, 0.5) is 5.69 Å². The summed E-state index contributed by atoms with van der Waals surface area (Å²) in [5.74, 6) is 0.235. The van der Waals surface area contributed by atoms with E-state index in [1.807, 2.05) is 42.5 Å². The highest BCUT2D eigenvalue weighted by Gasteiger charge is 2.31. The smallest absolute Gasteiger partial charge is 0.325 e. The van der Waals surface area contributed by atoms with Gasteiger partial charge in [-0.2, -0.15) is 0 Å². The quantitative estimate of drug-likeness (QED) is 0.688. The van der Waals surface area contributed by atoms with Crippen molar-refractivity contribution < 1.29 is 28.6 Å². The lowest BCUT2D eigenvalue weighted by Gasteiger charge is -2.22. The fourth-order valence-electron chi connectivity index (χ4n) is 3.43. The zero-order valence-corrected chi connectivity index (χ0v) is 17.8. The summed E-state index contributed by atoms with van der Waals surface area (Å²) in [5, 5.41) is 2.37. The molecule has 2 aliphatic heterocycles. The van der Waals surface area contributed by atoms with Crippen molar-refractivity contribution in [2.24, 2.45) is 0 Å². The van der Waals surface area contributed by atoms with E-state index in [0.29, 0.717) is 17.2 Å². The zero-order chi connectivity index (χ0) is 21.8. The number of benzene rings is 2. The Morgan fingerprint density at radius 1 is 1.19 bits per heavy atom. The molecular weight excluding hydrogens is 420 g/mol. The first-order valence-corrected chi connectivity index (χ1v) is 10.8. The topological polar surface area (TPSA) is 94.2 Å². The summed E-state index contributed by atoms with van der Waals surface area (Å²) < 4.78 is 15.7. The van der Waals surface area contributed by atoms with E-state index >= 15 is 0 Å². The van der Waals surface area contributed by atoms with E-state index < -0.39 is 11.9 Å². The molecular formula is C22H22N2O6S. The van der Waals surface area contributed by atoms with E-state index in [9.17, 15) is 14.4 Å². The number of rotatable bonds is 6. The molecule has 0 spiro atoms. The van der Waals surface area contributed by atoms with Crippen LogP contribution in [0.2, 0.25) is 0 Å². The van der Waals surface area contributed by atoms with Crippen LogP contribution in [-0.4, -0.2) is 44.3 Å². The van der Waals surface area contributed by atoms with Crippen molar-refractivity contribution >= 4 is 35.2 Å². The molecule has 2 amide bonds. The molecule has 2 aromatic rings. The molecule has 0 aromatic heterocycles. The number of para-hydroxylation sites is 1. The normalized spacial score (nSPS) is 17.0. The molecule has 9 heteroatoms. The first kappa shape index (κ1) is 21.0. The van der Waals surface area contributed by atoms with Crippen LogP contribution < -0.4 is 19.7 Å². The number of carbonyl (C=O) groups is 3. The van der Waals surface area contributed by atoms with Crippen LogP contribution in [-0.2, 0) is 19.1 Å². The molecule has 0 saturated heterocycles. The first-order chi connectivity index (χ1) is 15.0. The molecule has 1 N–H and O–H groups in total. The van der Waals surface area contributed by atoms with Gasteiger partial charge in [0.15, 0.2) is 11.5 Å². The van der Waals surface area contributed by atoms with Crippen LogP contribution in [0.25, 0.3) is 0 Å². The van der Waals surface area contributed by atoms with Gasteiger partial charge in [0, 0.05) is 16.6 Å². The molecule has 0 fully saturated rings. The fourth-order valence-corrected chi connectivity index (χ4v) is 4.70. The van der Waals surface area contributed by atoms with Gasteiger partial charge < -0.3 is 24.4 Å². The van der Waals surface area contributed by atoms with Crippen LogP contribution in [0.5, 0.6) is 11.5 Å². The molecule has 162 valence electrons. The van der Waals surface area contributed by atoms with E-state index in [0.717, 1.165) is 10.5 Å². The van der Waals surface area contributed by atoms with Crippen LogP contribution in [0.15, 0.2) is 47.4 Å². The van der Waals surface area contributed by atoms with Crippen LogP contribution >= 0.6 is 11.8 Å². The van der Waals surface area contributed by atoms with E-state index in [2.05, 4.69) is 5.32 Å². The van der Waals surface area contributed by atoms with Gasteiger partial charge in [0.05, 0.1) is 12.3 Å². The second kappa shape index (κ2) is 9.30. The number of hydrogen-bond donors (Lipinski definition) is 1. The molecule has 0 radical (unpaired) electrons. The van der Waals surface area contributed by atoms with Crippen molar-refractivity contribution in [3.8, 4) is 11.5 Å². The van der Waals surface area contributed by atoms with Gasteiger partial charge in [-0.05, 0) is 36.8 Å². The minimum atomic E-state index is -0.517. The van der Waals surface area contributed by atoms with Gasteiger partial charge in [-0.15, -0.1) is 11.8 Å². The molecule has 2 aliphatic rings. The molecule has 2 heterocycles. The molecule has 1 atom stereocenters. The average Bonchev–Trinajstić information content (AvgIpc) is 3.19. The fraction of sp³-hybridized carbons (Fsp3) is 0.318. The number of nitrogens with one attached hydrogen (secondary N) is 1. The van der Waals surface area contributed by atoms with Crippen molar-refractivity contribution in [3.63, 3.8) is 0 Å². The number of anilines is 1. The Bertz CT molecular complexity index is 1010. The van der Waals surface area contributed by atoms with E-state index in [1.54, 1.807) is 18.7 Å². The van der Waals surface area contributed by atoms with Gasteiger partial charge in [0.2, 0.25) is 18.6 Å². The lowest BCUT2D eigenvalue weighted by molar-refractivity contribution is -0.143. The minimum Gasteiger partial charge on any atom is -0.465 e. The maximum atomic E-state index is 13.2. The monoisotopic (exact) mass is 442 g/mol. The molecule has 31 heavy (non-hydrogen) atoms. The van der Waals surface area contributed by atoms with Crippen molar-refractivity contribution in [2.45, 2.75) is 23.5 Å². The van der Waals surface area contributed by atoms with Crippen LogP contribution in [0, 0.1) is 0 Å². The summed E-state index contributed by atoms with van der Waals surface area (Å²) in [6, 6.07) is 13.2. The zero-order valence-electron chi connectivity index (χ0n) is 17.0. The van der Waals surface area contributed by atoms with Gasteiger partial charge in [-0.25, -0.2) is 0 Å². The van der Waals surface area contributed by atoms with Crippen LogP contribution in [0.3, 0.4) is 0 Å². The highest BCUT2D eigenvalue weighted by atomic mass is 32.2. The second-order valence-electron chi connectivity index (χ2n) is 6.95. The Morgan fingerprint density at radius 3 is 2.84 bits per heavy atom. The Labute approximate surface area is 183 Å². The first-order valence-electron chi connectivity index (χ1n) is 9.93. The van der Waals surface area contributed by atoms with Crippen molar-refractivity contribution in [2.75, 3.05) is 31.4 Å². The minimum absolute atomic E-state index is 0.143. The molecule has 1 unspecified atom stereocenters. The van der Waals surface area contributed by atoms with Crippen molar-refractivity contribution in [1.82, 2.24) is 5.32 Å². The van der Waals surface area contributed by atoms with Crippen molar-refractivity contribution in [1.29, 1.82) is 0 Å². The number of thioether (sulfide) groups is 1. The summed E-state index contributed by atoms with van der Waals surface area (Å²) >= 11 is 1.57. The molecule has 0 aliphatic carbocycles. The van der Waals surface area contributed by atoms with Crippen molar-refractivity contribution in [3.05, 3.63) is 48.0 Å².